The number of rotatable bonds is 6. The predicted molar refractivity (Wildman–Crippen MR) is 142 cm³/mol. The van der Waals surface area contributed by atoms with Crippen molar-refractivity contribution in [2.45, 2.75) is 43.9 Å². The van der Waals surface area contributed by atoms with Crippen LogP contribution in [0.5, 0.6) is 0 Å². The molecule has 0 atom stereocenters. The molecule has 34 heavy (non-hydrogen) atoms. The zero-order valence-corrected chi connectivity index (χ0v) is 21.1. The lowest BCUT2D eigenvalue weighted by Gasteiger charge is -2.31. The molecule has 2 aromatic rings. The molecule has 3 fully saturated rings. The van der Waals surface area contributed by atoms with Gasteiger partial charge in [0.1, 0.15) is 11.6 Å². The van der Waals surface area contributed by atoms with Gasteiger partial charge in [-0.2, -0.15) is 9.97 Å². The van der Waals surface area contributed by atoms with Crippen molar-refractivity contribution >= 4 is 46.5 Å². The number of ether oxygens (including phenoxy) is 1. The Morgan fingerprint density at radius 2 is 1.65 bits per heavy atom. The number of anilines is 3. The maximum Gasteiger partial charge on any atom is 0.232 e. The predicted octanol–water partition coefficient (Wildman–Crippen LogP) is 4.37. The molecule has 1 aromatic heterocycles. The van der Waals surface area contributed by atoms with E-state index in [-0.39, 0.29) is 5.41 Å². The maximum atomic E-state index is 6.31. The highest BCUT2D eigenvalue weighted by Gasteiger charge is 2.35. The molecule has 182 valence electrons. The van der Waals surface area contributed by atoms with Crippen LogP contribution >= 0.6 is 23.8 Å². The van der Waals surface area contributed by atoms with Crippen LogP contribution in [-0.2, 0) is 10.2 Å². The fourth-order valence-electron chi connectivity index (χ4n) is 5.37. The third kappa shape index (κ3) is 5.39. The van der Waals surface area contributed by atoms with Crippen molar-refractivity contribution in [3.8, 4) is 0 Å². The van der Waals surface area contributed by atoms with Crippen molar-refractivity contribution in [3.63, 3.8) is 0 Å². The SMILES string of the molecule is S=C(NCC1(c2cccc(Cl)c2)CCCC1)Nc1nc(N2CCCC2)cc(N2CCOCC2)n1. The molecule has 0 bridgehead atoms. The average molecular weight is 501 g/mol. The molecule has 3 aliphatic rings. The highest BCUT2D eigenvalue weighted by molar-refractivity contribution is 7.80. The highest BCUT2D eigenvalue weighted by atomic mass is 35.5. The van der Waals surface area contributed by atoms with Crippen LogP contribution in [0.15, 0.2) is 30.3 Å². The molecule has 0 amide bonds. The van der Waals surface area contributed by atoms with E-state index in [0.29, 0.717) is 11.1 Å². The molecule has 0 radical (unpaired) electrons. The van der Waals surface area contributed by atoms with Gasteiger partial charge in [0, 0.05) is 49.2 Å². The number of nitrogens with one attached hydrogen (secondary N) is 2. The second kappa shape index (κ2) is 10.6. The van der Waals surface area contributed by atoms with Crippen LogP contribution in [0.4, 0.5) is 17.6 Å². The monoisotopic (exact) mass is 500 g/mol. The number of aromatic nitrogens is 2. The third-order valence-corrected chi connectivity index (χ3v) is 7.76. The smallest absolute Gasteiger partial charge is 0.232 e. The van der Waals surface area contributed by atoms with Gasteiger partial charge in [-0.3, -0.25) is 0 Å². The molecular formula is C25H33ClN6OS. The lowest BCUT2D eigenvalue weighted by atomic mass is 9.79. The summed E-state index contributed by atoms with van der Waals surface area (Å²) in [5.41, 5.74) is 1.34. The summed E-state index contributed by atoms with van der Waals surface area (Å²) in [5, 5.41) is 8.09. The Bertz CT molecular complexity index is 1000. The van der Waals surface area contributed by atoms with Gasteiger partial charge >= 0.3 is 0 Å². The van der Waals surface area contributed by atoms with Gasteiger partial charge < -0.3 is 25.2 Å². The molecule has 2 aliphatic heterocycles. The number of morpholine rings is 1. The molecule has 1 aromatic carbocycles. The quantitative estimate of drug-likeness (QED) is 0.567. The second-order valence-corrected chi connectivity index (χ2v) is 10.4. The summed E-state index contributed by atoms with van der Waals surface area (Å²) in [4.78, 5) is 14.2. The van der Waals surface area contributed by atoms with Crippen molar-refractivity contribution in [3.05, 3.63) is 40.9 Å². The fourth-order valence-corrected chi connectivity index (χ4v) is 5.73. The first-order chi connectivity index (χ1) is 16.6. The lowest BCUT2D eigenvalue weighted by Crippen LogP contribution is -2.41. The van der Waals surface area contributed by atoms with Crippen LogP contribution in [0, 0.1) is 0 Å². The number of benzene rings is 1. The van der Waals surface area contributed by atoms with Crippen LogP contribution < -0.4 is 20.4 Å². The van der Waals surface area contributed by atoms with E-state index in [2.05, 4.69) is 38.6 Å². The van der Waals surface area contributed by atoms with E-state index in [9.17, 15) is 0 Å². The standard InChI is InChI=1S/C25H33ClN6OS/c26-20-7-5-6-19(16-20)25(8-1-2-9-25)18-27-24(34)30-23-28-21(31-10-3-4-11-31)17-22(29-23)32-12-14-33-15-13-32/h5-7,16-17H,1-4,8-15,18H2,(H2,27,28,29,30,34). The molecule has 0 spiro atoms. The summed E-state index contributed by atoms with van der Waals surface area (Å²) >= 11 is 12.0. The van der Waals surface area contributed by atoms with E-state index in [1.54, 1.807) is 0 Å². The summed E-state index contributed by atoms with van der Waals surface area (Å²) in [6.45, 7) is 5.94. The van der Waals surface area contributed by atoms with Gasteiger partial charge in [-0.1, -0.05) is 36.6 Å². The fraction of sp³-hybridized carbons (Fsp3) is 0.560. The Hall–Kier alpha value is -2.16. The molecule has 1 saturated carbocycles. The van der Waals surface area contributed by atoms with Gasteiger partial charge in [-0.15, -0.1) is 0 Å². The minimum absolute atomic E-state index is 0.0495. The van der Waals surface area contributed by atoms with E-state index in [4.69, 9.17) is 38.5 Å². The number of thiocarbonyl (C=S) groups is 1. The maximum absolute atomic E-state index is 6.31. The molecule has 7 nitrogen and oxygen atoms in total. The summed E-state index contributed by atoms with van der Waals surface area (Å²) < 4.78 is 5.53. The van der Waals surface area contributed by atoms with Crippen LogP contribution in [0.3, 0.4) is 0 Å². The van der Waals surface area contributed by atoms with Gasteiger partial charge in [0.15, 0.2) is 5.11 Å². The van der Waals surface area contributed by atoms with Crippen LogP contribution in [0.2, 0.25) is 5.02 Å². The summed E-state index contributed by atoms with van der Waals surface area (Å²) in [6.07, 6.45) is 7.10. The van der Waals surface area contributed by atoms with Crippen LogP contribution in [0.1, 0.15) is 44.1 Å². The minimum atomic E-state index is 0.0495. The summed E-state index contributed by atoms with van der Waals surface area (Å²) in [5.74, 6) is 2.44. The second-order valence-electron chi connectivity index (χ2n) is 9.51. The van der Waals surface area contributed by atoms with Crippen LogP contribution in [-0.4, -0.2) is 61.0 Å². The van der Waals surface area contributed by atoms with Crippen molar-refractivity contribution in [2.75, 3.05) is 61.1 Å². The molecule has 5 rings (SSSR count). The average Bonchev–Trinajstić information content (AvgIpc) is 3.57. The van der Waals surface area contributed by atoms with Gasteiger partial charge in [0.25, 0.3) is 0 Å². The number of hydrogen-bond donors (Lipinski definition) is 2. The molecular weight excluding hydrogens is 468 g/mol. The Labute approximate surface area is 212 Å². The summed E-state index contributed by atoms with van der Waals surface area (Å²) in [7, 11) is 0. The van der Waals surface area contributed by atoms with Gasteiger partial charge in [0.2, 0.25) is 5.95 Å². The Balaban J connectivity index is 1.30. The van der Waals surface area contributed by atoms with E-state index in [0.717, 1.165) is 75.4 Å². The molecule has 1 aliphatic carbocycles. The van der Waals surface area contributed by atoms with Gasteiger partial charge in [0.05, 0.1) is 13.2 Å². The Morgan fingerprint density at radius 1 is 0.971 bits per heavy atom. The zero-order valence-electron chi connectivity index (χ0n) is 19.6. The van der Waals surface area contributed by atoms with E-state index >= 15 is 0 Å². The first kappa shape index (κ1) is 23.6. The summed E-state index contributed by atoms with van der Waals surface area (Å²) in [6, 6.07) is 10.4. The first-order valence-corrected chi connectivity index (χ1v) is 13.2. The molecule has 0 unspecified atom stereocenters. The topological polar surface area (TPSA) is 65.6 Å². The lowest BCUT2D eigenvalue weighted by molar-refractivity contribution is 0.122. The zero-order chi connectivity index (χ0) is 23.4. The largest absolute Gasteiger partial charge is 0.378 e. The molecule has 2 N–H and O–H groups in total. The number of nitrogens with zero attached hydrogens (tertiary/aromatic N) is 4. The van der Waals surface area contributed by atoms with Crippen LogP contribution in [0.25, 0.3) is 0 Å². The third-order valence-electron chi connectivity index (χ3n) is 7.27. The minimum Gasteiger partial charge on any atom is -0.378 e. The van der Waals surface area contributed by atoms with Gasteiger partial charge in [-0.05, 0) is 55.6 Å². The molecule has 2 saturated heterocycles. The number of hydrogen-bond acceptors (Lipinski definition) is 6. The number of halogens is 1. The highest BCUT2D eigenvalue weighted by Crippen LogP contribution is 2.41. The van der Waals surface area contributed by atoms with E-state index in [1.165, 1.54) is 31.2 Å². The van der Waals surface area contributed by atoms with Crippen molar-refractivity contribution in [1.29, 1.82) is 0 Å². The Kier molecular flexibility index (Phi) is 7.37. The Morgan fingerprint density at radius 3 is 2.32 bits per heavy atom. The van der Waals surface area contributed by atoms with Crippen molar-refractivity contribution in [1.82, 2.24) is 15.3 Å². The van der Waals surface area contributed by atoms with Crippen molar-refractivity contribution in [2.24, 2.45) is 0 Å². The first-order valence-electron chi connectivity index (χ1n) is 12.4. The van der Waals surface area contributed by atoms with Gasteiger partial charge in [-0.25, -0.2) is 0 Å². The van der Waals surface area contributed by atoms with E-state index in [1.807, 2.05) is 12.1 Å². The van der Waals surface area contributed by atoms with E-state index < -0.39 is 0 Å². The normalized spacial score (nSPS) is 19.9. The molecule has 9 heteroatoms. The van der Waals surface area contributed by atoms with Crippen molar-refractivity contribution < 1.29 is 4.74 Å². The molecule has 3 heterocycles.